The summed E-state index contributed by atoms with van der Waals surface area (Å²) in [5.41, 5.74) is 0. The van der Waals surface area contributed by atoms with Gasteiger partial charge in [0.25, 0.3) is 0 Å². The summed E-state index contributed by atoms with van der Waals surface area (Å²) in [6.07, 6.45) is 2.58. The quantitative estimate of drug-likeness (QED) is 0.603. The fourth-order valence-electron chi connectivity index (χ4n) is 1.06. The molecule has 0 aromatic rings. The average Bonchev–Trinajstić information content (AvgIpc) is 2.17. The average molecular weight is 356 g/mol. The smallest absolute Gasteiger partial charge is 0 e. The summed E-state index contributed by atoms with van der Waals surface area (Å²) in [4.78, 5) is 2.36. The molecule has 0 atom stereocenters. The van der Waals surface area contributed by atoms with Crippen molar-refractivity contribution in [1.82, 2.24) is 4.90 Å². The molecule has 1 aliphatic heterocycles. The van der Waals surface area contributed by atoms with Crippen LogP contribution >= 0.6 is 0 Å². The van der Waals surface area contributed by atoms with Crippen LogP contribution in [0.3, 0.4) is 0 Å². The van der Waals surface area contributed by atoms with Gasteiger partial charge in [-0.1, -0.05) is 40.5 Å². The molecule has 0 radical (unpaired) electrons. The standard InChI is InChI=1S/C7H14N.2C2H6.W/c1-7-3-5-8(2)6-4-7;2*1-2;/h7H,1,3-6H2,2H3;2*1-2H3;/q-1;;;. The van der Waals surface area contributed by atoms with Crippen molar-refractivity contribution in [2.75, 3.05) is 20.1 Å². The van der Waals surface area contributed by atoms with Crippen molar-refractivity contribution in [2.45, 2.75) is 40.5 Å². The fraction of sp³-hybridized carbons (Fsp3) is 0.909. The number of nitrogens with zero attached hydrogens (tertiary/aromatic N) is 1. The molecule has 0 amide bonds. The van der Waals surface area contributed by atoms with Gasteiger partial charge in [0.05, 0.1) is 0 Å². The van der Waals surface area contributed by atoms with E-state index in [1.54, 1.807) is 0 Å². The Hall–Kier alpha value is 0.648. The molecule has 0 saturated carbocycles. The molecule has 1 aliphatic rings. The van der Waals surface area contributed by atoms with Crippen LogP contribution in [-0.2, 0) is 21.1 Å². The van der Waals surface area contributed by atoms with E-state index in [0.29, 0.717) is 0 Å². The van der Waals surface area contributed by atoms with Crippen LogP contribution in [0.15, 0.2) is 0 Å². The molecule has 1 nitrogen and oxygen atoms in total. The molecule has 0 unspecified atom stereocenters. The normalized spacial score (nSPS) is 17.1. The summed E-state index contributed by atoms with van der Waals surface area (Å²) < 4.78 is 0. The maximum Gasteiger partial charge on any atom is 0 e. The molecule has 2 heteroatoms. The molecule has 1 fully saturated rings. The van der Waals surface area contributed by atoms with Crippen molar-refractivity contribution in [3.05, 3.63) is 6.92 Å². The summed E-state index contributed by atoms with van der Waals surface area (Å²) in [7, 11) is 2.17. The third kappa shape index (κ3) is 12.6. The van der Waals surface area contributed by atoms with E-state index >= 15 is 0 Å². The van der Waals surface area contributed by atoms with Crippen LogP contribution in [0.5, 0.6) is 0 Å². The van der Waals surface area contributed by atoms with Crippen LogP contribution in [0, 0.1) is 12.8 Å². The van der Waals surface area contributed by atoms with Gasteiger partial charge in [0.2, 0.25) is 0 Å². The van der Waals surface area contributed by atoms with Crippen molar-refractivity contribution >= 4 is 0 Å². The number of hydrogen-bond donors (Lipinski definition) is 0. The maximum atomic E-state index is 4.01. The van der Waals surface area contributed by atoms with E-state index in [1.165, 1.54) is 25.9 Å². The summed E-state index contributed by atoms with van der Waals surface area (Å²) in [6.45, 7) is 14.5. The van der Waals surface area contributed by atoms with Gasteiger partial charge in [-0.15, -0.1) is 0 Å². The van der Waals surface area contributed by atoms with E-state index in [4.69, 9.17) is 0 Å². The maximum absolute atomic E-state index is 4.01. The van der Waals surface area contributed by atoms with Crippen LogP contribution in [0.4, 0.5) is 0 Å². The predicted molar refractivity (Wildman–Crippen MR) is 58.3 cm³/mol. The van der Waals surface area contributed by atoms with E-state index < -0.39 is 0 Å². The molecular weight excluding hydrogens is 330 g/mol. The topological polar surface area (TPSA) is 3.24 Å². The Labute approximate surface area is 99.5 Å². The Morgan fingerprint density at radius 1 is 1.00 bits per heavy atom. The number of hydrogen-bond acceptors (Lipinski definition) is 1. The first-order valence-electron chi connectivity index (χ1n) is 5.30. The molecule has 1 rings (SSSR count). The number of rotatable bonds is 0. The third-order valence-electron chi connectivity index (χ3n) is 1.84. The minimum absolute atomic E-state index is 0. The van der Waals surface area contributed by atoms with E-state index in [9.17, 15) is 0 Å². The zero-order chi connectivity index (χ0) is 9.98. The number of likely N-dealkylation sites (tertiary alicyclic amines) is 1. The first-order chi connectivity index (χ1) is 5.79. The van der Waals surface area contributed by atoms with Crippen molar-refractivity contribution in [3.63, 3.8) is 0 Å². The minimum Gasteiger partial charge on any atom is -0.340 e. The van der Waals surface area contributed by atoms with Crippen molar-refractivity contribution in [3.8, 4) is 0 Å². The third-order valence-corrected chi connectivity index (χ3v) is 1.84. The van der Waals surface area contributed by atoms with E-state index in [-0.39, 0.29) is 21.1 Å². The van der Waals surface area contributed by atoms with Crippen molar-refractivity contribution < 1.29 is 21.1 Å². The molecule has 13 heavy (non-hydrogen) atoms. The van der Waals surface area contributed by atoms with E-state index in [2.05, 4.69) is 18.9 Å². The molecule has 1 heterocycles. The van der Waals surface area contributed by atoms with Gasteiger partial charge in [0, 0.05) is 21.1 Å². The van der Waals surface area contributed by atoms with E-state index in [1.807, 2.05) is 27.7 Å². The summed E-state index contributed by atoms with van der Waals surface area (Å²) in [5, 5.41) is 0. The second-order valence-electron chi connectivity index (χ2n) is 2.75. The number of piperidine rings is 1. The van der Waals surface area contributed by atoms with Crippen LogP contribution < -0.4 is 0 Å². The van der Waals surface area contributed by atoms with Gasteiger partial charge >= 0.3 is 0 Å². The van der Waals surface area contributed by atoms with Gasteiger partial charge in [0.1, 0.15) is 0 Å². The molecule has 0 aliphatic carbocycles. The van der Waals surface area contributed by atoms with Gasteiger partial charge in [-0.2, -0.15) is 5.92 Å². The first kappa shape index (κ1) is 19.3. The molecule has 1 saturated heterocycles. The monoisotopic (exact) mass is 356 g/mol. The van der Waals surface area contributed by atoms with Gasteiger partial charge in [-0.3, -0.25) is 0 Å². The Kier molecular flexibility index (Phi) is 22.4. The molecule has 0 N–H and O–H groups in total. The second-order valence-corrected chi connectivity index (χ2v) is 2.75. The van der Waals surface area contributed by atoms with Crippen molar-refractivity contribution in [2.24, 2.45) is 5.92 Å². The Balaban J connectivity index is -0.000000178. The van der Waals surface area contributed by atoms with Gasteiger partial charge < -0.3 is 11.8 Å². The minimum atomic E-state index is 0. The first-order valence-corrected chi connectivity index (χ1v) is 5.30. The summed E-state index contributed by atoms with van der Waals surface area (Å²) >= 11 is 0. The second kappa shape index (κ2) is 15.1. The van der Waals surface area contributed by atoms with Gasteiger partial charge in [-0.25, -0.2) is 0 Å². The molecule has 0 aromatic heterocycles. The predicted octanol–water partition coefficient (Wildman–Crippen LogP) is 3.21. The van der Waals surface area contributed by atoms with Crippen molar-refractivity contribution in [1.29, 1.82) is 0 Å². The van der Waals surface area contributed by atoms with Crippen LogP contribution in [0.25, 0.3) is 0 Å². The van der Waals surface area contributed by atoms with Crippen LogP contribution in [0.2, 0.25) is 0 Å². The summed E-state index contributed by atoms with van der Waals surface area (Å²) in [6, 6.07) is 0. The Morgan fingerprint density at radius 2 is 1.31 bits per heavy atom. The SMILES string of the molecule is CC.CC.[CH2-]C1CCN(C)CC1.[W]. The Morgan fingerprint density at radius 3 is 1.54 bits per heavy atom. The van der Waals surface area contributed by atoms with Crippen LogP contribution in [-0.4, -0.2) is 25.0 Å². The zero-order valence-electron chi connectivity index (χ0n) is 9.97. The van der Waals surface area contributed by atoms with E-state index in [0.717, 1.165) is 5.92 Å². The van der Waals surface area contributed by atoms with Crippen LogP contribution in [0.1, 0.15) is 40.5 Å². The molecule has 0 bridgehead atoms. The molecule has 0 aromatic carbocycles. The van der Waals surface area contributed by atoms with Gasteiger partial charge in [-0.05, 0) is 20.1 Å². The fourth-order valence-corrected chi connectivity index (χ4v) is 1.06. The molecule has 0 spiro atoms. The zero-order valence-corrected chi connectivity index (χ0v) is 12.9. The summed E-state index contributed by atoms with van der Waals surface area (Å²) in [5.74, 6) is 0.728. The largest absolute Gasteiger partial charge is 0.340 e. The molecule has 82 valence electrons. The van der Waals surface area contributed by atoms with Gasteiger partial charge in [0.15, 0.2) is 0 Å². The Bertz CT molecular complexity index is 58.5. The molecular formula is C11H26NW-.